The van der Waals surface area contributed by atoms with Crippen molar-refractivity contribution >= 4 is 0 Å². The summed E-state index contributed by atoms with van der Waals surface area (Å²) in [6, 6.07) is 1.36. The highest BCUT2D eigenvalue weighted by molar-refractivity contribution is 5.24. The molecule has 1 N–H and O–H groups in total. The van der Waals surface area contributed by atoms with E-state index >= 15 is 0 Å². The lowest BCUT2D eigenvalue weighted by atomic mass is 10.0. The third-order valence-corrected chi connectivity index (χ3v) is 2.48. The van der Waals surface area contributed by atoms with Crippen molar-refractivity contribution in [1.82, 2.24) is 5.32 Å². The SMILES string of the molecule is Fc1cc(F)c([C@@H]2CCCN2)cc1F. The Morgan fingerprint density at radius 1 is 1.07 bits per heavy atom. The molecule has 0 amide bonds. The van der Waals surface area contributed by atoms with Crippen molar-refractivity contribution in [3.8, 4) is 0 Å². The van der Waals surface area contributed by atoms with Crippen LogP contribution in [0.4, 0.5) is 13.2 Å². The third-order valence-electron chi connectivity index (χ3n) is 2.48. The molecular weight excluding hydrogens is 191 g/mol. The Morgan fingerprint density at radius 3 is 2.43 bits per heavy atom. The molecule has 4 heteroatoms. The van der Waals surface area contributed by atoms with E-state index in [0.717, 1.165) is 25.5 Å². The summed E-state index contributed by atoms with van der Waals surface area (Å²) < 4.78 is 38.7. The molecule has 0 aliphatic carbocycles. The van der Waals surface area contributed by atoms with Crippen LogP contribution in [0, 0.1) is 17.5 Å². The number of nitrogens with one attached hydrogen (secondary N) is 1. The second-order valence-corrected chi connectivity index (χ2v) is 3.44. The summed E-state index contributed by atoms with van der Waals surface area (Å²) in [6.07, 6.45) is 1.70. The highest BCUT2D eigenvalue weighted by atomic mass is 19.2. The monoisotopic (exact) mass is 201 g/mol. The predicted molar refractivity (Wildman–Crippen MR) is 46.3 cm³/mol. The first-order chi connectivity index (χ1) is 6.68. The summed E-state index contributed by atoms with van der Waals surface area (Å²) in [6.45, 7) is 0.795. The molecule has 0 bridgehead atoms. The van der Waals surface area contributed by atoms with Crippen molar-refractivity contribution in [2.45, 2.75) is 18.9 Å². The molecular formula is C10H10F3N. The quantitative estimate of drug-likeness (QED) is 0.688. The van der Waals surface area contributed by atoms with E-state index in [1.165, 1.54) is 0 Å². The molecule has 1 fully saturated rings. The Kier molecular flexibility index (Phi) is 2.46. The van der Waals surface area contributed by atoms with E-state index in [2.05, 4.69) is 5.32 Å². The molecule has 0 unspecified atom stereocenters. The normalized spacial score (nSPS) is 21.5. The van der Waals surface area contributed by atoms with Gasteiger partial charge in [0.25, 0.3) is 0 Å². The number of hydrogen-bond acceptors (Lipinski definition) is 1. The van der Waals surface area contributed by atoms with Crippen molar-refractivity contribution in [1.29, 1.82) is 0 Å². The number of benzene rings is 1. The number of halogens is 3. The fraction of sp³-hybridized carbons (Fsp3) is 0.400. The number of hydrogen-bond donors (Lipinski definition) is 1. The van der Waals surface area contributed by atoms with Crippen molar-refractivity contribution in [2.24, 2.45) is 0 Å². The van der Waals surface area contributed by atoms with Gasteiger partial charge in [0.15, 0.2) is 11.6 Å². The fourth-order valence-electron chi connectivity index (χ4n) is 1.75. The second-order valence-electron chi connectivity index (χ2n) is 3.44. The van der Waals surface area contributed by atoms with Gasteiger partial charge < -0.3 is 5.32 Å². The van der Waals surface area contributed by atoms with Crippen LogP contribution < -0.4 is 5.32 Å². The van der Waals surface area contributed by atoms with Crippen LogP contribution in [0.2, 0.25) is 0 Å². The lowest BCUT2D eigenvalue weighted by molar-refractivity contribution is 0.480. The topological polar surface area (TPSA) is 12.0 Å². The average molecular weight is 201 g/mol. The maximum absolute atomic E-state index is 13.2. The maximum Gasteiger partial charge on any atom is 0.161 e. The Morgan fingerprint density at radius 2 is 1.79 bits per heavy atom. The molecule has 1 aromatic carbocycles. The largest absolute Gasteiger partial charge is 0.310 e. The van der Waals surface area contributed by atoms with Crippen molar-refractivity contribution in [3.05, 3.63) is 35.1 Å². The first-order valence-electron chi connectivity index (χ1n) is 4.56. The van der Waals surface area contributed by atoms with E-state index in [-0.39, 0.29) is 11.6 Å². The molecule has 76 valence electrons. The lowest BCUT2D eigenvalue weighted by Gasteiger charge is -2.11. The van der Waals surface area contributed by atoms with Crippen LogP contribution in [0.3, 0.4) is 0 Å². The Hall–Kier alpha value is -1.03. The van der Waals surface area contributed by atoms with Crippen molar-refractivity contribution in [3.63, 3.8) is 0 Å². The molecule has 1 atom stereocenters. The van der Waals surface area contributed by atoms with Crippen LogP contribution in [0.25, 0.3) is 0 Å². The van der Waals surface area contributed by atoms with Crippen LogP contribution in [0.15, 0.2) is 12.1 Å². The van der Waals surface area contributed by atoms with Gasteiger partial charge >= 0.3 is 0 Å². The first-order valence-corrected chi connectivity index (χ1v) is 4.56. The van der Waals surface area contributed by atoms with Gasteiger partial charge in [0.2, 0.25) is 0 Å². The minimum absolute atomic E-state index is 0.176. The van der Waals surface area contributed by atoms with Gasteiger partial charge in [-0.25, -0.2) is 13.2 Å². The summed E-state index contributed by atoms with van der Waals surface area (Å²) >= 11 is 0. The molecule has 1 nitrogen and oxygen atoms in total. The smallest absolute Gasteiger partial charge is 0.161 e. The van der Waals surface area contributed by atoms with Crippen molar-refractivity contribution < 1.29 is 13.2 Å². The summed E-state index contributed by atoms with van der Waals surface area (Å²) in [5.74, 6) is -2.80. The maximum atomic E-state index is 13.2. The molecule has 1 aliphatic heterocycles. The number of rotatable bonds is 1. The van der Waals surface area contributed by atoms with Gasteiger partial charge in [0.1, 0.15) is 5.82 Å². The first kappa shape index (κ1) is 9.52. The molecule has 1 heterocycles. The molecule has 0 saturated carbocycles. The van der Waals surface area contributed by atoms with E-state index in [1.807, 2.05) is 0 Å². The Labute approximate surface area is 79.9 Å². The second kappa shape index (κ2) is 3.61. The van der Waals surface area contributed by atoms with Gasteiger partial charge in [0, 0.05) is 17.7 Å². The summed E-state index contributed by atoms with van der Waals surface area (Å²) in [5, 5.41) is 3.03. The zero-order valence-electron chi connectivity index (χ0n) is 7.49. The third kappa shape index (κ3) is 1.62. The standard InChI is InChI=1S/C10H10F3N/c11-7-5-9(13)8(12)4-6(7)10-2-1-3-14-10/h4-5,10,14H,1-3H2/t10-/m0/s1. The van der Waals surface area contributed by atoms with E-state index in [1.54, 1.807) is 0 Å². The summed E-state index contributed by atoms with van der Waals surface area (Å²) in [7, 11) is 0. The minimum Gasteiger partial charge on any atom is -0.310 e. The molecule has 0 spiro atoms. The molecule has 1 aromatic rings. The zero-order chi connectivity index (χ0) is 10.1. The highest BCUT2D eigenvalue weighted by Gasteiger charge is 2.21. The predicted octanol–water partition coefficient (Wildman–Crippen LogP) is 2.53. The van der Waals surface area contributed by atoms with Gasteiger partial charge in [-0.3, -0.25) is 0 Å². The van der Waals surface area contributed by atoms with E-state index < -0.39 is 17.5 Å². The van der Waals surface area contributed by atoms with E-state index in [9.17, 15) is 13.2 Å². The van der Waals surface area contributed by atoms with Gasteiger partial charge in [0.05, 0.1) is 0 Å². The molecule has 1 saturated heterocycles. The van der Waals surface area contributed by atoms with Gasteiger partial charge in [-0.2, -0.15) is 0 Å². The van der Waals surface area contributed by atoms with Crippen LogP contribution in [-0.2, 0) is 0 Å². The Balaban J connectivity index is 2.37. The molecule has 0 aromatic heterocycles. The van der Waals surface area contributed by atoms with Crippen molar-refractivity contribution in [2.75, 3.05) is 6.54 Å². The van der Waals surface area contributed by atoms with Crippen LogP contribution in [0.1, 0.15) is 24.4 Å². The molecule has 14 heavy (non-hydrogen) atoms. The van der Waals surface area contributed by atoms with Crippen LogP contribution >= 0.6 is 0 Å². The van der Waals surface area contributed by atoms with Gasteiger partial charge in [-0.05, 0) is 25.5 Å². The lowest BCUT2D eigenvalue weighted by Crippen LogP contribution is -2.14. The summed E-state index contributed by atoms with van der Waals surface area (Å²) in [4.78, 5) is 0. The highest BCUT2D eigenvalue weighted by Crippen LogP contribution is 2.26. The fourth-order valence-corrected chi connectivity index (χ4v) is 1.75. The average Bonchev–Trinajstić information content (AvgIpc) is 2.64. The van der Waals surface area contributed by atoms with Crippen LogP contribution in [-0.4, -0.2) is 6.54 Å². The van der Waals surface area contributed by atoms with E-state index in [4.69, 9.17) is 0 Å². The van der Waals surface area contributed by atoms with Gasteiger partial charge in [-0.15, -0.1) is 0 Å². The van der Waals surface area contributed by atoms with Gasteiger partial charge in [-0.1, -0.05) is 0 Å². The Bertz CT molecular complexity index is 345. The molecule has 2 rings (SSSR count). The molecule has 1 aliphatic rings. The zero-order valence-corrected chi connectivity index (χ0v) is 7.49. The molecule has 0 radical (unpaired) electrons. The van der Waals surface area contributed by atoms with Crippen LogP contribution in [0.5, 0.6) is 0 Å². The summed E-state index contributed by atoms with van der Waals surface area (Å²) in [5.41, 5.74) is 0.224. The van der Waals surface area contributed by atoms with E-state index in [0.29, 0.717) is 6.07 Å². The minimum atomic E-state index is -1.13.